The average molecular weight is 322 g/mol. The van der Waals surface area contributed by atoms with Crippen molar-refractivity contribution in [2.24, 2.45) is 0 Å². The quantitative estimate of drug-likeness (QED) is 0.428. The molecule has 6 nitrogen and oxygen atoms in total. The second kappa shape index (κ2) is 8.40. The summed E-state index contributed by atoms with van der Waals surface area (Å²) >= 11 is 0. The Kier molecular flexibility index (Phi) is 6.53. The normalized spacial score (nSPS) is 28.5. The number of hydrogen-bond acceptors (Lipinski definition) is 6. The summed E-state index contributed by atoms with van der Waals surface area (Å²) in [6.45, 7) is 3.66. The van der Waals surface area contributed by atoms with Gasteiger partial charge in [-0.2, -0.15) is 0 Å². The SMILES string of the molecule is CCCCNc1ccc(CN2C[C@H](O)[C@@H](O)[C@H](O)[C@H]2C=O)cc1. The van der Waals surface area contributed by atoms with Crippen molar-refractivity contribution in [1.82, 2.24) is 4.90 Å². The lowest BCUT2D eigenvalue weighted by molar-refractivity contribution is -0.148. The van der Waals surface area contributed by atoms with Gasteiger partial charge in [0.1, 0.15) is 18.5 Å². The van der Waals surface area contributed by atoms with Gasteiger partial charge in [-0.1, -0.05) is 25.5 Å². The van der Waals surface area contributed by atoms with Gasteiger partial charge in [-0.3, -0.25) is 4.90 Å². The first kappa shape index (κ1) is 17.9. The number of benzene rings is 1. The number of rotatable bonds is 7. The molecule has 0 saturated carbocycles. The summed E-state index contributed by atoms with van der Waals surface area (Å²) in [7, 11) is 0. The Labute approximate surface area is 136 Å². The van der Waals surface area contributed by atoms with Crippen molar-refractivity contribution in [3.8, 4) is 0 Å². The number of aliphatic hydroxyl groups excluding tert-OH is 3. The van der Waals surface area contributed by atoms with Crippen molar-refractivity contribution in [2.45, 2.75) is 50.7 Å². The van der Waals surface area contributed by atoms with Crippen LogP contribution < -0.4 is 5.32 Å². The fourth-order valence-corrected chi connectivity index (χ4v) is 2.82. The van der Waals surface area contributed by atoms with Crippen LogP contribution in [-0.4, -0.2) is 63.9 Å². The van der Waals surface area contributed by atoms with Gasteiger partial charge in [0.2, 0.25) is 0 Å². The van der Waals surface area contributed by atoms with E-state index in [-0.39, 0.29) is 6.54 Å². The fraction of sp³-hybridized carbons (Fsp3) is 0.588. The van der Waals surface area contributed by atoms with Crippen LogP contribution in [0.4, 0.5) is 5.69 Å². The minimum atomic E-state index is -1.29. The number of likely N-dealkylation sites (tertiary alicyclic amines) is 1. The Morgan fingerprint density at radius 3 is 2.52 bits per heavy atom. The maximum atomic E-state index is 11.2. The van der Waals surface area contributed by atoms with Gasteiger partial charge < -0.3 is 25.4 Å². The molecule has 2 rings (SSSR count). The van der Waals surface area contributed by atoms with Gasteiger partial charge in [0, 0.05) is 25.3 Å². The molecule has 1 aromatic rings. The molecule has 0 aromatic heterocycles. The number of aldehydes is 1. The van der Waals surface area contributed by atoms with Crippen molar-refractivity contribution in [3.63, 3.8) is 0 Å². The standard InChI is InChI=1S/C17H26N2O4/c1-2-3-8-18-13-6-4-12(5-7-13)9-19-10-15(21)17(23)16(22)14(19)11-20/h4-7,11,14-18,21-23H,2-3,8-10H2,1H3/t14-,15+,16-,17-/m1/s1. The summed E-state index contributed by atoms with van der Waals surface area (Å²) in [5.41, 5.74) is 2.02. The molecular formula is C17H26N2O4. The molecule has 1 aliphatic rings. The number of β-amino-alcohol motifs (C(OH)–C–C–N with tert-alkyl or cyclic N) is 1. The van der Waals surface area contributed by atoms with Crippen LogP contribution in [0.1, 0.15) is 25.3 Å². The molecule has 0 bridgehead atoms. The summed E-state index contributed by atoms with van der Waals surface area (Å²) in [5.74, 6) is 0. The molecule has 1 aliphatic heterocycles. The van der Waals surface area contributed by atoms with E-state index in [2.05, 4.69) is 12.2 Å². The molecule has 1 aromatic carbocycles. The molecule has 1 fully saturated rings. The summed E-state index contributed by atoms with van der Waals surface area (Å²) in [5, 5.41) is 32.7. The van der Waals surface area contributed by atoms with E-state index in [1.165, 1.54) is 0 Å². The lowest BCUT2D eigenvalue weighted by Crippen LogP contribution is -2.61. The number of anilines is 1. The van der Waals surface area contributed by atoms with Gasteiger partial charge in [-0.05, 0) is 24.1 Å². The minimum absolute atomic E-state index is 0.151. The van der Waals surface area contributed by atoms with Crippen LogP contribution >= 0.6 is 0 Å². The molecule has 0 unspecified atom stereocenters. The molecule has 23 heavy (non-hydrogen) atoms. The Hall–Kier alpha value is -1.47. The molecule has 1 heterocycles. The fourth-order valence-electron chi connectivity index (χ4n) is 2.82. The third-order valence-electron chi connectivity index (χ3n) is 4.28. The van der Waals surface area contributed by atoms with Crippen molar-refractivity contribution < 1.29 is 20.1 Å². The molecule has 4 atom stereocenters. The van der Waals surface area contributed by atoms with Crippen LogP contribution in [0, 0.1) is 0 Å². The van der Waals surface area contributed by atoms with E-state index >= 15 is 0 Å². The highest BCUT2D eigenvalue weighted by atomic mass is 16.4. The van der Waals surface area contributed by atoms with Gasteiger partial charge in [-0.15, -0.1) is 0 Å². The summed E-state index contributed by atoms with van der Waals surface area (Å²) in [4.78, 5) is 12.9. The first-order chi connectivity index (χ1) is 11.1. The molecule has 1 saturated heterocycles. The monoisotopic (exact) mass is 322 g/mol. The predicted octanol–water partition coefficient (Wildman–Crippen LogP) is 0.364. The molecule has 0 radical (unpaired) electrons. The third-order valence-corrected chi connectivity index (χ3v) is 4.28. The number of nitrogens with zero attached hydrogens (tertiary/aromatic N) is 1. The van der Waals surface area contributed by atoms with Gasteiger partial charge in [0.15, 0.2) is 0 Å². The Morgan fingerprint density at radius 2 is 1.91 bits per heavy atom. The first-order valence-corrected chi connectivity index (χ1v) is 8.13. The zero-order valence-corrected chi connectivity index (χ0v) is 13.4. The topological polar surface area (TPSA) is 93.0 Å². The van der Waals surface area contributed by atoms with Crippen LogP contribution in [0.5, 0.6) is 0 Å². The zero-order chi connectivity index (χ0) is 16.8. The van der Waals surface area contributed by atoms with Gasteiger partial charge >= 0.3 is 0 Å². The predicted molar refractivity (Wildman–Crippen MR) is 88.1 cm³/mol. The van der Waals surface area contributed by atoms with Crippen LogP contribution in [0.25, 0.3) is 0 Å². The lowest BCUT2D eigenvalue weighted by atomic mass is 9.94. The highest BCUT2D eigenvalue weighted by Crippen LogP contribution is 2.21. The number of unbranched alkanes of at least 4 members (excludes halogenated alkanes) is 1. The lowest BCUT2D eigenvalue weighted by Gasteiger charge is -2.41. The van der Waals surface area contributed by atoms with E-state index in [9.17, 15) is 20.1 Å². The number of piperidine rings is 1. The molecular weight excluding hydrogens is 296 g/mol. The van der Waals surface area contributed by atoms with E-state index in [0.717, 1.165) is 30.6 Å². The van der Waals surface area contributed by atoms with Crippen LogP contribution in [0.2, 0.25) is 0 Å². The second-order valence-corrected chi connectivity index (χ2v) is 6.08. The molecule has 6 heteroatoms. The Bertz CT molecular complexity index is 494. The molecule has 4 N–H and O–H groups in total. The van der Waals surface area contributed by atoms with E-state index < -0.39 is 24.4 Å². The zero-order valence-electron chi connectivity index (χ0n) is 13.4. The number of carbonyl (C=O) groups excluding carboxylic acids is 1. The molecule has 0 spiro atoms. The third kappa shape index (κ3) is 4.51. The van der Waals surface area contributed by atoms with Crippen molar-refractivity contribution >= 4 is 12.0 Å². The number of carbonyl (C=O) groups is 1. The number of hydrogen-bond donors (Lipinski definition) is 4. The number of nitrogens with one attached hydrogen (secondary N) is 1. The van der Waals surface area contributed by atoms with Gasteiger partial charge in [0.25, 0.3) is 0 Å². The molecule has 0 amide bonds. The summed E-state index contributed by atoms with van der Waals surface area (Å²) in [6.07, 6.45) is -0.729. The van der Waals surface area contributed by atoms with Crippen LogP contribution in [0.15, 0.2) is 24.3 Å². The molecule has 128 valence electrons. The minimum Gasteiger partial charge on any atom is -0.389 e. The first-order valence-electron chi connectivity index (χ1n) is 8.13. The maximum Gasteiger partial charge on any atom is 0.139 e. The smallest absolute Gasteiger partial charge is 0.139 e. The largest absolute Gasteiger partial charge is 0.389 e. The van der Waals surface area contributed by atoms with E-state index in [0.29, 0.717) is 12.8 Å². The van der Waals surface area contributed by atoms with Gasteiger partial charge in [-0.25, -0.2) is 0 Å². The second-order valence-electron chi connectivity index (χ2n) is 6.08. The molecule has 0 aliphatic carbocycles. The Morgan fingerprint density at radius 1 is 1.22 bits per heavy atom. The van der Waals surface area contributed by atoms with Crippen LogP contribution in [0.3, 0.4) is 0 Å². The van der Waals surface area contributed by atoms with Crippen molar-refractivity contribution in [1.29, 1.82) is 0 Å². The van der Waals surface area contributed by atoms with E-state index in [1.54, 1.807) is 4.90 Å². The van der Waals surface area contributed by atoms with Gasteiger partial charge in [0.05, 0.1) is 12.1 Å². The van der Waals surface area contributed by atoms with E-state index in [1.807, 2.05) is 24.3 Å². The van der Waals surface area contributed by atoms with Crippen molar-refractivity contribution in [3.05, 3.63) is 29.8 Å². The highest BCUT2D eigenvalue weighted by Gasteiger charge is 2.41. The maximum absolute atomic E-state index is 11.2. The average Bonchev–Trinajstić information content (AvgIpc) is 2.55. The Balaban J connectivity index is 1.98. The summed E-state index contributed by atoms with van der Waals surface area (Å²) in [6, 6.07) is 7.06. The van der Waals surface area contributed by atoms with Crippen molar-refractivity contribution in [2.75, 3.05) is 18.4 Å². The number of aliphatic hydroxyl groups is 3. The summed E-state index contributed by atoms with van der Waals surface area (Å²) < 4.78 is 0. The van der Waals surface area contributed by atoms with E-state index in [4.69, 9.17) is 0 Å². The van der Waals surface area contributed by atoms with Crippen LogP contribution in [-0.2, 0) is 11.3 Å². The highest BCUT2D eigenvalue weighted by molar-refractivity contribution is 5.59.